The predicted molar refractivity (Wildman–Crippen MR) is 67.9 cm³/mol. The average Bonchev–Trinajstić information content (AvgIpc) is 2.65. The van der Waals surface area contributed by atoms with Crippen LogP contribution in [0.3, 0.4) is 0 Å². The van der Waals surface area contributed by atoms with Crippen LogP contribution in [0.25, 0.3) is 0 Å². The molecule has 1 aromatic heterocycles. The summed E-state index contributed by atoms with van der Waals surface area (Å²) in [5.41, 5.74) is 2.33. The van der Waals surface area contributed by atoms with Crippen LogP contribution in [0.2, 0.25) is 0 Å². The molecule has 1 atom stereocenters. The summed E-state index contributed by atoms with van der Waals surface area (Å²) in [4.78, 5) is 0. The van der Waals surface area contributed by atoms with Crippen LogP contribution >= 0.6 is 0 Å². The Balaban J connectivity index is 1.64. The van der Waals surface area contributed by atoms with Crippen LogP contribution in [0.1, 0.15) is 37.1 Å². The normalized spacial score (nSPS) is 20.7. The molecule has 0 aromatic carbocycles. The number of hydrogen-bond acceptors (Lipinski definition) is 3. The standard InChI is InChI=1S/C13H23N3O/c1-11-9-12(16(2)15-11)10-14-7-6-13-5-3-4-8-17-13/h9,13-14H,3-8,10H2,1-2H3. The summed E-state index contributed by atoms with van der Waals surface area (Å²) >= 11 is 0. The minimum absolute atomic E-state index is 0.476. The first kappa shape index (κ1) is 12.6. The highest BCUT2D eigenvalue weighted by molar-refractivity contribution is 5.08. The van der Waals surface area contributed by atoms with E-state index in [1.54, 1.807) is 0 Å². The maximum Gasteiger partial charge on any atom is 0.0597 e. The molecule has 4 nitrogen and oxygen atoms in total. The minimum atomic E-state index is 0.476. The van der Waals surface area contributed by atoms with Gasteiger partial charge in [0.15, 0.2) is 0 Å². The number of nitrogens with zero attached hydrogens (tertiary/aromatic N) is 2. The third kappa shape index (κ3) is 3.82. The number of ether oxygens (including phenoxy) is 1. The van der Waals surface area contributed by atoms with Crippen molar-refractivity contribution in [3.63, 3.8) is 0 Å². The molecule has 1 aromatic rings. The summed E-state index contributed by atoms with van der Waals surface area (Å²) in [6.07, 6.45) is 5.39. The number of rotatable bonds is 5. The van der Waals surface area contributed by atoms with Gasteiger partial charge in [0.2, 0.25) is 0 Å². The van der Waals surface area contributed by atoms with Gasteiger partial charge in [-0.1, -0.05) is 0 Å². The number of hydrogen-bond donors (Lipinski definition) is 1. The second-order valence-electron chi connectivity index (χ2n) is 4.85. The Bertz CT molecular complexity index is 342. The highest BCUT2D eigenvalue weighted by Gasteiger charge is 2.12. The molecule has 0 aliphatic carbocycles. The Kier molecular flexibility index (Phi) is 4.57. The van der Waals surface area contributed by atoms with Gasteiger partial charge in [0, 0.05) is 20.2 Å². The molecule has 4 heteroatoms. The monoisotopic (exact) mass is 237 g/mol. The zero-order valence-corrected chi connectivity index (χ0v) is 10.9. The van der Waals surface area contributed by atoms with Crippen LogP contribution in [0.5, 0.6) is 0 Å². The van der Waals surface area contributed by atoms with E-state index in [9.17, 15) is 0 Å². The van der Waals surface area contributed by atoms with Gasteiger partial charge in [-0.25, -0.2) is 0 Å². The molecule has 1 N–H and O–H groups in total. The van der Waals surface area contributed by atoms with Crippen molar-refractivity contribution < 1.29 is 4.74 Å². The molecule has 0 radical (unpaired) electrons. The van der Waals surface area contributed by atoms with Crippen LogP contribution in [0, 0.1) is 6.92 Å². The molecule has 1 aliphatic heterocycles. The van der Waals surface area contributed by atoms with E-state index in [2.05, 4.69) is 16.5 Å². The maximum absolute atomic E-state index is 5.70. The first-order valence-electron chi connectivity index (χ1n) is 6.57. The Hall–Kier alpha value is -0.870. The van der Waals surface area contributed by atoms with Gasteiger partial charge in [0.25, 0.3) is 0 Å². The second-order valence-corrected chi connectivity index (χ2v) is 4.85. The third-order valence-corrected chi connectivity index (χ3v) is 3.32. The molecular formula is C13H23N3O. The maximum atomic E-state index is 5.70. The summed E-state index contributed by atoms with van der Waals surface area (Å²) in [6, 6.07) is 2.13. The van der Waals surface area contributed by atoms with Crippen LogP contribution < -0.4 is 5.32 Å². The molecule has 1 saturated heterocycles. The first-order valence-corrected chi connectivity index (χ1v) is 6.57. The number of aromatic nitrogens is 2. The van der Waals surface area contributed by atoms with Gasteiger partial charge >= 0.3 is 0 Å². The van der Waals surface area contributed by atoms with Crippen LogP contribution in [0.15, 0.2) is 6.07 Å². The lowest BCUT2D eigenvalue weighted by Crippen LogP contribution is -2.25. The van der Waals surface area contributed by atoms with Crippen molar-refractivity contribution in [2.45, 2.75) is 45.3 Å². The molecule has 1 fully saturated rings. The summed E-state index contributed by atoms with van der Waals surface area (Å²) in [6.45, 7) is 4.89. The van der Waals surface area contributed by atoms with Gasteiger partial charge < -0.3 is 10.1 Å². The van der Waals surface area contributed by atoms with E-state index in [4.69, 9.17) is 4.74 Å². The zero-order valence-electron chi connectivity index (χ0n) is 10.9. The predicted octanol–water partition coefficient (Wildman–Crippen LogP) is 1.78. The molecule has 0 amide bonds. The molecular weight excluding hydrogens is 214 g/mol. The Morgan fingerprint density at radius 3 is 3.06 bits per heavy atom. The largest absolute Gasteiger partial charge is 0.378 e. The van der Waals surface area contributed by atoms with Gasteiger partial charge in [-0.3, -0.25) is 4.68 Å². The molecule has 1 unspecified atom stereocenters. The fourth-order valence-corrected chi connectivity index (χ4v) is 2.34. The van der Waals surface area contributed by atoms with Gasteiger partial charge in [-0.05, 0) is 45.2 Å². The van der Waals surface area contributed by atoms with E-state index in [-0.39, 0.29) is 0 Å². The minimum Gasteiger partial charge on any atom is -0.378 e. The lowest BCUT2D eigenvalue weighted by molar-refractivity contribution is 0.0115. The fourth-order valence-electron chi connectivity index (χ4n) is 2.34. The van der Waals surface area contributed by atoms with Crippen molar-refractivity contribution in [2.75, 3.05) is 13.2 Å². The van der Waals surface area contributed by atoms with Gasteiger partial charge in [0.05, 0.1) is 17.5 Å². The van der Waals surface area contributed by atoms with Crippen LogP contribution in [0.4, 0.5) is 0 Å². The van der Waals surface area contributed by atoms with Crippen molar-refractivity contribution in [1.82, 2.24) is 15.1 Å². The van der Waals surface area contributed by atoms with Crippen molar-refractivity contribution in [3.8, 4) is 0 Å². The Morgan fingerprint density at radius 2 is 2.41 bits per heavy atom. The fraction of sp³-hybridized carbons (Fsp3) is 0.769. The van der Waals surface area contributed by atoms with Gasteiger partial charge in [-0.15, -0.1) is 0 Å². The Labute approximate surface area is 103 Å². The lowest BCUT2D eigenvalue weighted by Gasteiger charge is -2.22. The van der Waals surface area contributed by atoms with E-state index < -0.39 is 0 Å². The van der Waals surface area contributed by atoms with E-state index in [0.717, 1.165) is 31.8 Å². The molecule has 1 aliphatic rings. The van der Waals surface area contributed by atoms with Crippen LogP contribution in [-0.4, -0.2) is 29.0 Å². The molecule has 2 rings (SSSR count). The first-order chi connectivity index (χ1) is 8.25. The highest BCUT2D eigenvalue weighted by Crippen LogP contribution is 2.14. The SMILES string of the molecule is Cc1cc(CNCCC2CCCCO2)n(C)n1. The smallest absolute Gasteiger partial charge is 0.0597 e. The number of aryl methyl sites for hydroxylation is 2. The molecule has 17 heavy (non-hydrogen) atoms. The van der Waals surface area contributed by atoms with Gasteiger partial charge in [0.1, 0.15) is 0 Å². The molecule has 96 valence electrons. The average molecular weight is 237 g/mol. The van der Waals surface area contributed by atoms with Crippen molar-refractivity contribution in [3.05, 3.63) is 17.5 Å². The zero-order chi connectivity index (χ0) is 12.1. The summed E-state index contributed by atoms with van der Waals surface area (Å²) in [5, 5.41) is 7.79. The second kappa shape index (κ2) is 6.17. The number of nitrogens with one attached hydrogen (secondary N) is 1. The van der Waals surface area contributed by atoms with E-state index in [1.807, 2.05) is 18.7 Å². The lowest BCUT2D eigenvalue weighted by atomic mass is 10.1. The van der Waals surface area contributed by atoms with Crippen LogP contribution in [-0.2, 0) is 18.3 Å². The topological polar surface area (TPSA) is 39.1 Å². The summed E-state index contributed by atoms with van der Waals surface area (Å²) in [5.74, 6) is 0. The van der Waals surface area contributed by atoms with Crippen molar-refractivity contribution in [1.29, 1.82) is 0 Å². The van der Waals surface area contributed by atoms with E-state index in [0.29, 0.717) is 6.10 Å². The summed E-state index contributed by atoms with van der Waals surface area (Å²) in [7, 11) is 1.99. The van der Waals surface area contributed by atoms with Crippen molar-refractivity contribution in [2.24, 2.45) is 7.05 Å². The van der Waals surface area contributed by atoms with Crippen molar-refractivity contribution >= 4 is 0 Å². The Morgan fingerprint density at radius 1 is 1.53 bits per heavy atom. The highest BCUT2D eigenvalue weighted by atomic mass is 16.5. The van der Waals surface area contributed by atoms with E-state index in [1.165, 1.54) is 25.0 Å². The summed E-state index contributed by atoms with van der Waals surface area (Å²) < 4.78 is 7.64. The quantitative estimate of drug-likeness (QED) is 0.793. The van der Waals surface area contributed by atoms with Gasteiger partial charge in [-0.2, -0.15) is 5.10 Å². The molecule has 0 saturated carbocycles. The van der Waals surface area contributed by atoms with E-state index >= 15 is 0 Å². The molecule has 0 spiro atoms. The third-order valence-electron chi connectivity index (χ3n) is 3.32. The molecule has 0 bridgehead atoms. The molecule has 2 heterocycles.